The average molecular weight is 513 g/mol. The van der Waals surface area contributed by atoms with Crippen LogP contribution < -0.4 is 10.1 Å². The average Bonchev–Trinajstić information content (AvgIpc) is 3.19. The molecule has 0 radical (unpaired) electrons. The number of ether oxygens (including phenoxy) is 2. The molecule has 3 unspecified atom stereocenters. The Morgan fingerprint density at radius 2 is 2.00 bits per heavy atom. The molecule has 2 saturated heterocycles. The number of fused-ring (bicyclic) bond motifs is 1. The van der Waals surface area contributed by atoms with Crippen LogP contribution in [0.5, 0.6) is 5.75 Å². The van der Waals surface area contributed by atoms with Crippen LogP contribution >= 0.6 is 0 Å². The van der Waals surface area contributed by atoms with E-state index in [2.05, 4.69) is 0 Å². The fourth-order valence-electron chi connectivity index (χ4n) is 3.46. The Bertz CT molecular complexity index is 1920. The second-order valence-electron chi connectivity index (χ2n) is 7.60. The monoisotopic (exact) mass is 512 g/mol. The van der Waals surface area contributed by atoms with Gasteiger partial charge in [-0.15, -0.1) is 0 Å². The Kier molecular flexibility index (Phi) is 3.16. The third-order valence-corrected chi connectivity index (χ3v) is 4.97. The summed E-state index contributed by atoms with van der Waals surface area (Å²) in [6.07, 6.45) is -13.1. The minimum atomic E-state index is -3.89. The zero-order chi connectivity index (χ0) is 40.7. The van der Waals surface area contributed by atoms with Gasteiger partial charge in [-0.05, 0) is 50.0 Å². The van der Waals surface area contributed by atoms with Crippen molar-refractivity contribution in [2.45, 2.75) is 64.3 Å². The summed E-state index contributed by atoms with van der Waals surface area (Å²) < 4.78 is 170. The van der Waals surface area contributed by atoms with Crippen molar-refractivity contribution in [3.63, 3.8) is 0 Å². The number of amides is 3. The number of nitrogens with zero attached hydrogens (tertiary/aromatic N) is 2. The van der Waals surface area contributed by atoms with Crippen LogP contribution in [0, 0.1) is 5.82 Å². The number of hydrogen-bond donors (Lipinski definition) is 1. The van der Waals surface area contributed by atoms with E-state index < -0.39 is 115 Å². The molecule has 2 aromatic rings. The highest BCUT2D eigenvalue weighted by Gasteiger charge is 2.40. The van der Waals surface area contributed by atoms with E-state index in [1.807, 2.05) is 0 Å². The first-order chi connectivity index (χ1) is 23.6. The van der Waals surface area contributed by atoms with Gasteiger partial charge in [0.05, 0.1) is 28.3 Å². The molecule has 0 aliphatic carbocycles. The number of morpholine rings is 1. The van der Waals surface area contributed by atoms with Crippen LogP contribution in [0.4, 0.5) is 4.39 Å². The minimum absolute atomic E-state index is 0.102. The molecule has 3 atom stereocenters. The van der Waals surface area contributed by atoms with Gasteiger partial charge in [0.15, 0.2) is 0 Å². The number of piperidine rings is 1. The zero-order valence-electron chi connectivity index (χ0n) is 35.8. The van der Waals surface area contributed by atoms with Gasteiger partial charge in [0.1, 0.15) is 24.1 Å². The quantitative estimate of drug-likeness (QED) is 0.599. The molecule has 3 aliphatic rings. The standard InChI is InChI=1S/C27H30FN3O5/c1-16-11-30(12-17(2)36-16)13-18-6-7-22(28)19(10-18)15-35-24-5-3-4-20-21(24)14-31(27(20)34)23-8-9-25(32)29-26(23)33/h3-7,10,16-17,23H,8-9,11-15H2,1-2H3,(H,29,32,33)/i8D2,9D2,11D2,12D2,13D2,14D2,15D2,16D,17D,23D. The van der Waals surface area contributed by atoms with Gasteiger partial charge in [-0.1, -0.05) is 12.1 Å². The molecule has 0 saturated carbocycles. The van der Waals surface area contributed by atoms with Gasteiger partial charge in [0, 0.05) is 56.3 Å². The van der Waals surface area contributed by atoms with E-state index in [1.165, 1.54) is 5.32 Å². The van der Waals surface area contributed by atoms with E-state index in [4.69, 9.17) is 32.8 Å². The van der Waals surface area contributed by atoms with Crippen LogP contribution in [0.25, 0.3) is 0 Å². The first-order valence-corrected chi connectivity index (χ1v) is 10.4. The summed E-state index contributed by atoms with van der Waals surface area (Å²) in [5.74, 6) is -7.58. The number of hydrogen-bond acceptors (Lipinski definition) is 6. The van der Waals surface area contributed by atoms with Crippen molar-refractivity contribution in [1.29, 1.82) is 0 Å². The van der Waals surface area contributed by atoms with E-state index in [0.717, 1.165) is 38.1 Å². The Labute approximate surface area is 233 Å². The number of carbonyl (C=O) groups is 3. The highest BCUT2D eigenvalue weighted by atomic mass is 19.1. The molecule has 3 aliphatic heterocycles. The first-order valence-electron chi connectivity index (χ1n) is 18.9. The summed E-state index contributed by atoms with van der Waals surface area (Å²) >= 11 is 0. The van der Waals surface area contributed by atoms with Gasteiger partial charge < -0.3 is 14.4 Å². The normalized spacial score (nSPS) is 45.5. The lowest BCUT2D eigenvalue weighted by Gasteiger charge is -2.35. The smallest absolute Gasteiger partial charge is 0.255 e. The number of benzene rings is 2. The maximum atomic E-state index is 15.4. The van der Waals surface area contributed by atoms with Crippen LogP contribution in [0.2, 0.25) is 0 Å². The Morgan fingerprint density at radius 3 is 2.78 bits per heavy atom. The molecule has 0 bridgehead atoms. The molecular formula is C27H30FN3O5. The molecule has 1 N–H and O–H groups in total. The number of rotatable bonds is 6. The number of halogens is 1. The van der Waals surface area contributed by atoms with Gasteiger partial charge in [-0.25, -0.2) is 4.39 Å². The first kappa shape index (κ1) is 11.4. The lowest BCUT2D eigenvalue weighted by molar-refractivity contribution is -0.136. The van der Waals surface area contributed by atoms with Crippen molar-refractivity contribution < 1.29 is 51.6 Å². The van der Waals surface area contributed by atoms with Crippen LogP contribution in [0.1, 0.15) is 76.9 Å². The molecule has 8 nitrogen and oxygen atoms in total. The lowest BCUT2D eigenvalue weighted by atomic mass is 10.0. The molecule has 190 valence electrons. The summed E-state index contributed by atoms with van der Waals surface area (Å²) in [6.45, 7) is -15.3. The van der Waals surface area contributed by atoms with E-state index in [-0.39, 0.29) is 9.80 Å². The molecular weight excluding hydrogens is 465 g/mol. The van der Waals surface area contributed by atoms with Gasteiger partial charge in [0.25, 0.3) is 5.91 Å². The van der Waals surface area contributed by atoms with Crippen molar-refractivity contribution >= 4 is 17.7 Å². The third kappa shape index (κ3) is 4.99. The van der Waals surface area contributed by atoms with Gasteiger partial charge in [0.2, 0.25) is 11.8 Å². The Balaban J connectivity index is 1.60. The number of nitrogens with one attached hydrogen (secondary N) is 1. The second-order valence-corrected chi connectivity index (χ2v) is 7.60. The highest BCUT2D eigenvalue weighted by Crippen LogP contribution is 2.34. The lowest BCUT2D eigenvalue weighted by Crippen LogP contribution is -2.52. The second kappa shape index (κ2) is 9.99. The van der Waals surface area contributed by atoms with E-state index >= 15 is 4.39 Å². The topological polar surface area (TPSA) is 88.2 Å². The van der Waals surface area contributed by atoms with Crippen LogP contribution in [-0.2, 0) is 33.9 Å². The summed E-state index contributed by atoms with van der Waals surface area (Å²) in [6, 6.07) is 0.756. The van der Waals surface area contributed by atoms with E-state index in [9.17, 15) is 14.4 Å². The van der Waals surface area contributed by atoms with E-state index in [1.54, 1.807) is 0 Å². The van der Waals surface area contributed by atoms with Crippen LogP contribution in [-0.4, -0.2) is 58.7 Å². The SMILES string of the molecule is [2H]C([2H])(Oc1cccc2c1C([2H])([2H])N(C1([2H])C(=O)NC(=O)C([2H])([2H])C1([2H])[2H])C2=O)c1cc(C([2H])([2H])N2C([2H])([2H])C([2H])(C)OC([2H])(C)C2([2H])[2H])ccc1F. The predicted octanol–water partition coefficient (Wildman–Crippen LogP) is 2.77. The third-order valence-electron chi connectivity index (χ3n) is 4.97. The van der Waals surface area contributed by atoms with Crippen molar-refractivity contribution in [2.24, 2.45) is 0 Å². The molecule has 0 aromatic heterocycles. The predicted molar refractivity (Wildman–Crippen MR) is 129 cm³/mol. The largest absolute Gasteiger partial charge is 0.488 e. The maximum absolute atomic E-state index is 15.4. The summed E-state index contributed by atoms with van der Waals surface area (Å²) in [4.78, 5) is 38.4. The van der Waals surface area contributed by atoms with Crippen LogP contribution in [0.3, 0.4) is 0 Å². The molecule has 2 aromatic carbocycles. The molecule has 5 rings (SSSR count). The van der Waals surface area contributed by atoms with Gasteiger partial charge in [-0.3, -0.25) is 24.6 Å². The number of carbonyl (C=O) groups excluding carboxylic acids is 3. The molecule has 0 spiro atoms. The summed E-state index contributed by atoms with van der Waals surface area (Å²) in [5.41, 5.74) is -3.59. The minimum Gasteiger partial charge on any atom is -0.488 e. The van der Waals surface area contributed by atoms with E-state index in [0.29, 0.717) is 12.1 Å². The fraction of sp³-hybridized carbons (Fsp3) is 0.444. The molecule has 9 heteroatoms. The molecule has 2 fully saturated rings. The van der Waals surface area contributed by atoms with Gasteiger partial charge >= 0.3 is 0 Å². The Morgan fingerprint density at radius 1 is 1.22 bits per heavy atom. The summed E-state index contributed by atoms with van der Waals surface area (Å²) in [5, 5.41) is 1.44. The Hall–Kier alpha value is -3.30. The number of imide groups is 1. The van der Waals surface area contributed by atoms with Crippen molar-refractivity contribution in [1.82, 2.24) is 15.1 Å². The van der Waals surface area contributed by atoms with Gasteiger partial charge in [-0.2, -0.15) is 0 Å². The molecule has 3 heterocycles. The van der Waals surface area contributed by atoms with Crippen molar-refractivity contribution in [2.75, 3.05) is 13.0 Å². The van der Waals surface area contributed by atoms with Crippen molar-refractivity contribution in [3.05, 3.63) is 64.5 Å². The fourth-order valence-corrected chi connectivity index (χ4v) is 3.46. The summed E-state index contributed by atoms with van der Waals surface area (Å²) in [7, 11) is 0. The molecule has 3 amide bonds. The highest BCUT2D eigenvalue weighted by molar-refractivity contribution is 6.05. The molecule has 36 heavy (non-hydrogen) atoms. The van der Waals surface area contributed by atoms with Crippen LogP contribution in [0.15, 0.2) is 36.4 Å². The zero-order valence-corrected chi connectivity index (χ0v) is 18.8. The van der Waals surface area contributed by atoms with Crippen molar-refractivity contribution in [3.8, 4) is 5.75 Å². The maximum Gasteiger partial charge on any atom is 0.255 e.